The molecule has 3 rings (SSSR count). The molecule has 1 aromatic carbocycles. The molecule has 0 radical (unpaired) electrons. The third kappa shape index (κ3) is 9.97. The largest absolute Gasteiger partial charge is 0.461 e. The third-order valence-electron chi connectivity index (χ3n) is 7.04. The summed E-state index contributed by atoms with van der Waals surface area (Å²) >= 11 is 0. The Labute approximate surface area is 267 Å². The molecular formula is C27H37N3O13S3. The molecule has 1 amide bonds. The molecule has 2 heterocycles. The van der Waals surface area contributed by atoms with Crippen molar-refractivity contribution in [2.24, 2.45) is 0 Å². The molecule has 0 spiro atoms. The summed E-state index contributed by atoms with van der Waals surface area (Å²) in [6.07, 6.45) is 2.23. The molecule has 0 atom stereocenters. The summed E-state index contributed by atoms with van der Waals surface area (Å²) in [5.41, 5.74) is -2.82. The number of benzene rings is 1. The van der Waals surface area contributed by atoms with Gasteiger partial charge in [-0.25, -0.2) is 23.0 Å². The van der Waals surface area contributed by atoms with E-state index in [9.17, 15) is 39.6 Å². The topological polar surface area (TPSA) is 212 Å². The predicted molar refractivity (Wildman–Crippen MR) is 164 cm³/mol. The van der Waals surface area contributed by atoms with E-state index in [2.05, 4.69) is 4.98 Å². The van der Waals surface area contributed by atoms with Gasteiger partial charge in [-0.15, -0.1) is 0 Å². The number of carbonyl (C=O) groups excluding carboxylic acids is 2. The minimum atomic E-state index is -4.50. The maximum absolute atomic E-state index is 13.7. The second kappa shape index (κ2) is 14.9. The van der Waals surface area contributed by atoms with Crippen molar-refractivity contribution in [3.05, 3.63) is 57.8 Å². The third-order valence-corrected chi connectivity index (χ3v) is 9.11. The van der Waals surface area contributed by atoms with Gasteiger partial charge in [-0.05, 0) is 38.2 Å². The Balaban J connectivity index is 2.08. The molecule has 19 heteroatoms. The number of hydrogen-bond acceptors (Lipinski definition) is 14. The van der Waals surface area contributed by atoms with Crippen molar-refractivity contribution in [2.75, 3.05) is 45.1 Å². The highest BCUT2D eigenvalue weighted by molar-refractivity contribution is 7.89. The molecule has 1 aliphatic heterocycles. The number of carbonyl (C=O) groups is 2. The highest BCUT2D eigenvalue weighted by Crippen LogP contribution is 2.40. The molecule has 2 aromatic rings. The van der Waals surface area contributed by atoms with E-state index < -0.39 is 64.7 Å². The standard InChI is InChI=1S/C27H37N3O13S3/c1-5-40-24(32)21-22(43-46(4,38)39)23(31)30(44(2,34)35)25(28-21)27(13-9-10-18-42-45(3,36)37)14-16-29(17-15-27)26(33)41-19-20-11-7-6-8-12-20/h6-8,11-12H,5,9-10,13-19H2,1-4H3. The van der Waals surface area contributed by atoms with Gasteiger partial charge in [0.1, 0.15) is 12.4 Å². The summed E-state index contributed by atoms with van der Waals surface area (Å²) in [5, 5.41) is 0. The van der Waals surface area contributed by atoms with E-state index in [-0.39, 0.29) is 70.8 Å². The first-order valence-corrected chi connectivity index (χ1v) is 19.6. The van der Waals surface area contributed by atoms with E-state index in [0.717, 1.165) is 11.8 Å². The van der Waals surface area contributed by atoms with Crippen molar-refractivity contribution in [2.45, 2.75) is 51.0 Å². The maximum Gasteiger partial charge on any atom is 0.410 e. The van der Waals surface area contributed by atoms with Gasteiger partial charge in [0.25, 0.3) is 10.1 Å². The molecule has 256 valence electrons. The van der Waals surface area contributed by atoms with Crippen LogP contribution in [-0.2, 0) is 55.9 Å². The van der Waals surface area contributed by atoms with Crippen LogP contribution in [0, 0.1) is 0 Å². The fourth-order valence-corrected chi connectivity index (χ4v) is 6.79. The molecule has 0 N–H and O–H groups in total. The normalized spacial score (nSPS) is 15.3. The molecule has 1 fully saturated rings. The second-order valence-corrected chi connectivity index (χ2v) is 15.8. The Kier molecular flexibility index (Phi) is 12.0. The Bertz CT molecular complexity index is 1800. The predicted octanol–water partition coefficient (Wildman–Crippen LogP) is 1.38. The molecule has 16 nitrogen and oxygen atoms in total. The fourth-order valence-electron chi connectivity index (χ4n) is 4.99. The molecule has 1 aliphatic rings. The van der Waals surface area contributed by atoms with Crippen LogP contribution >= 0.6 is 0 Å². The van der Waals surface area contributed by atoms with E-state index in [1.807, 2.05) is 6.07 Å². The second-order valence-electron chi connectivity index (χ2n) is 10.7. The zero-order valence-electron chi connectivity index (χ0n) is 25.8. The summed E-state index contributed by atoms with van der Waals surface area (Å²) < 4.78 is 93.3. The van der Waals surface area contributed by atoms with Gasteiger partial charge in [-0.1, -0.05) is 36.8 Å². The van der Waals surface area contributed by atoms with Gasteiger partial charge in [-0.2, -0.15) is 20.8 Å². The lowest BCUT2D eigenvalue weighted by atomic mass is 9.73. The average Bonchev–Trinajstić information content (AvgIpc) is 2.95. The minimum absolute atomic E-state index is 0.0154. The number of rotatable bonds is 14. The Morgan fingerprint density at radius 2 is 1.54 bits per heavy atom. The Morgan fingerprint density at radius 3 is 2.09 bits per heavy atom. The van der Waals surface area contributed by atoms with Crippen molar-refractivity contribution in [3.8, 4) is 5.75 Å². The van der Waals surface area contributed by atoms with Crippen LogP contribution < -0.4 is 9.74 Å². The van der Waals surface area contributed by atoms with E-state index in [4.69, 9.17) is 17.8 Å². The zero-order chi connectivity index (χ0) is 34.3. The Hall–Kier alpha value is -3.55. The molecular weight excluding hydrogens is 671 g/mol. The first-order valence-electron chi connectivity index (χ1n) is 14.1. The molecule has 0 aliphatic carbocycles. The number of aromatic nitrogens is 2. The molecule has 0 saturated carbocycles. The molecule has 1 saturated heterocycles. The molecule has 0 unspecified atom stereocenters. The van der Waals surface area contributed by atoms with Crippen LogP contribution in [0.1, 0.15) is 60.9 Å². The highest BCUT2D eigenvalue weighted by atomic mass is 32.2. The van der Waals surface area contributed by atoms with E-state index in [1.165, 1.54) is 11.8 Å². The minimum Gasteiger partial charge on any atom is -0.461 e. The van der Waals surface area contributed by atoms with Crippen LogP contribution in [0.2, 0.25) is 0 Å². The van der Waals surface area contributed by atoms with Gasteiger partial charge in [-0.3, -0.25) is 8.98 Å². The lowest BCUT2D eigenvalue weighted by molar-refractivity contribution is 0.0514. The maximum atomic E-state index is 13.7. The number of esters is 1. The SMILES string of the molecule is CCOC(=O)c1nc(C2(CCCCOS(C)(=O)=O)CCN(C(=O)OCc3ccccc3)CC2)n(S(C)(=O)=O)c(=O)c1OS(C)(=O)=O. The van der Waals surface area contributed by atoms with Crippen LogP contribution in [-0.4, -0.2) is 96.2 Å². The van der Waals surface area contributed by atoms with Crippen molar-refractivity contribution in [1.29, 1.82) is 0 Å². The van der Waals surface area contributed by atoms with Gasteiger partial charge in [0.15, 0.2) is 5.69 Å². The lowest BCUT2D eigenvalue weighted by Crippen LogP contribution is -2.49. The monoisotopic (exact) mass is 707 g/mol. The van der Waals surface area contributed by atoms with Gasteiger partial charge in [0.05, 0.1) is 32.0 Å². The fraction of sp³-hybridized carbons (Fsp3) is 0.556. The number of amides is 1. The number of hydrogen-bond donors (Lipinski definition) is 0. The summed E-state index contributed by atoms with van der Waals surface area (Å²) in [4.78, 5) is 45.2. The van der Waals surface area contributed by atoms with E-state index in [0.29, 0.717) is 16.5 Å². The first-order chi connectivity index (χ1) is 21.4. The van der Waals surface area contributed by atoms with E-state index in [1.54, 1.807) is 24.3 Å². The zero-order valence-corrected chi connectivity index (χ0v) is 28.3. The molecule has 46 heavy (non-hydrogen) atoms. The summed E-state index contributed by atoms with van der Waals surface area (Å²) in [6.45, 7) is 1.18. The van der Waals surface area contributed by atoms with Crippen molar-refractivity contribution in [1.82, 2.24) is 13.9 Å². The van der Waals surface area contributed by atoms with Crippen LogP contribution in [0.15, 0.2) is 35.1 Å². The highest BCUT2D eigenvalue weighted by Gasteiger charge is 2.44. The summed E-state index contributed by atoms with van der Waals surface area (Å²) in [6, 6.07) is 8.99. The number of likely N-dealkylation sites (tertiary alicyclic amines) is 1. The van der Waals surface area contributed by atoms with Crippen LogP contribution in [0.5, 0.6) is 5.75 Å². The molecule has 0 bridgehead atoms. The number of unbranched alkanes of at least 4 members (excludes halogenated alkanes) is 1. The van der Waals surface area contributed by atoms with Gasteiger partial charge in [0, 0.05) is 18.5 Å². The van der Waals surface area contributed by atoms with Gasteiger partial charge in [0.2, 0.25) is 15.8 Å². The van der Waals surface area contributed by atoms with Crippen LogP contribution in [0.3, 0.4) is 0 Å². The van der Waals surface area contributed by atoms with Crippen molar-refractivity contribution < 1.29 is 52.7 Å². The van der Waals surface area contributed by atoms with E-state index >= 15 is 0 Å². The number of ether oxygens (including phenoxy) is 2. The lowest BCUT2D eigenvalue weighted by Gasteiger charge is -2.41. The van der Waals surface area contributed by atoms with Gasteiger partial charge >= 0.3 is 27.7 Å². The number of nitrogens with zero attached hydrogens (tertiary/aromatic N) is 3. The van der Waals surface area contributed by atoms with Gasteiger partial charge < -0.3 is 18.6 Å². The smallest absolute Gasteiger partial charge is 0.410 e. The average molecular weight is 708 g/mol. The first kappa shape index (κ1) is 36.9. The van der Waals surface area contributed by atoms with Crippen molar-refractivity contribution >= 4 is 42.3 Å². The Morgan fingerprint density at radius 1 is 0.913 bits per heavy atom. The number of piperidine rings is 1. The van der Waals surface area contributed by atoms with Crippen molar-refractivity contribution in [3.63, 3.8) is 0 Å². The van der Waals surface area contributed by atoms with Crippen LogP contribution in [0.25, 0.3) is 0 Å². The molecule has 1 aromatic heterocycles. The summed E-state index contributed by atoms with van der Waals surface area (Å²) in [5.74, 6) is -2.75. The van der Waals surface area contributed by atoms with Crippen LogP contribution in [0.4, 0.5) is 4.79 Å². The summed E-state index contributed by atoms with van der Waals surface area (Å²) in [7, 11) is -12.7. The quantitative estimate of drug-likeness (QED) is 0.154.